The number of hydrogen-bond acceptors (Lipinski definition) is 5. The summed E-state index contributed by atoms with van der Waals surface area (Å²) in [5.41, 5.74) is 7.87. The van der Waals surface area contributed by atoms with Crippen LogP contribution in [0, 0.1) is 0 Å². The molecule has 2 aliphatic heterocycles. The van der Waals surface area contributed by atoms with Crippen LogP contribution in [0.3, 0.4) is 0 Å². The molecule has 4 rings (SSSR count). The quantitative estimate of drug-likeness (QED) is 0.665. The molecule has 0 saturated carbocycles. The lowest BCUT2D eigenvalue weighted by molar-refractivity contribution is -0.152. The molecular weight excluding hydrogens is 348 g/mol. The SMILES string of the molecule is NC1C(=O)N2C(C(=O)OC(c3ccccc3)c3ccccc3)=CCS[C@H]12. The van der Waals surface area contributed by atoms with Crippen molar-refractivity contribution in [3.05, 3.63) is 83.6 Å². The van der Waals surface area contributed by atoms with Gasteiger partial charge in [-0.05, 0) is 17.2 Å². The molecule has 132 valence electrons. The molecular formula is C20H18N2O3S. The average Bonchev–Trinajstić information content (AvgIpc) is 2.72. The number of amides is 1. The summed E-state index contributed by atoms with van der Waals surface area (Å²) in [6.07, 6.45) is 1.20. The Hall–Kier alpha value is -2.57. The fourth-order valence-corrected chi connectivity index (χ4v) is 4.32. The van der Waals surface area contributed by atoms with Crippen molar-refractivity contribution in [2.24, 2.45) is 5.73 Å². The van der Waals surface area contributed by atoms with Gasteiger partial charge in [0.2, 0.25) is 5.91 Å². The largest absolute Gasteiger partial charge is 0.448 e. The molecule has 0 aromatic heterocycles. The third kappa shape index (κ3) is 2.91. The van der Waals surface area contributed by atoms with E-state index in [0.717, 1.165) is 11.1 Å². The number of fused-ring (bicyclic) bond motifs is 1. The monoisotopic (exact) mass is 366 g/mol. The molecule has 1 saturated heterocycles. The Morgan fingerprint density at radius 1 is 1.08 bits per heavy atom. The van der Waals surface area contributed by atoms with Crippen LogP contribution in [0.2, 0.25) is 0 Å². The van der Waals surface area contributed by atoms with Gasteiger partial charge in [-0.1, -0.05) is 60.7 Å². The lowest BCUT2D eigenvalue weighted by Crippen LogP contribution is -2.68. The summed E-state index contributed by atoms with van der Waals surface area (Å²) in [6.45, 7) is 0. The fraction of sp³-hybridized carbons (Fsp3) is 0.200. The molecule has 1 fully saturated rings. The van der Waals surface area contributed by atoms with E-state index in [1.807, 2.05) is 60.7 Å². The highest BCUT2D eigenvalue weighted by atomic mass is 32.2. The van der Waals surface area contributed by atoms with Crippen molar-refractivity contribution in [3.63, 3.8) is 0 Å². The zero-order valence-electron chi connectivity index (χ0n) is 13.9. The van der Waals surface area contributed by atoms with Crippen molar-refractivity contribution in [1.29, 1.82) is 0 Å². The second kappa shape index (κ2) is 6.97. The summed E-state index contributed by atoms with van der Waals surface area (Å²) in [7, 11) is 0. The summed E-state index contributed by atoms with van der Waals surface area (Å²) >= 11 is 1.55. The molecule has 2 atom stereocenters. The Kier molecular flexibility index (Phi) is 4.53. The Bertz CT molecular complexity index is 814. The number of nitrogens with two attached hydrogens (primary N) is 1. The third-order valence-electron chi connectivity index (χ3n) is 4.53. The van der Waals surface area contributed by atoms with Crippen LogP contribution in [0.25, 0.3) is 0 Å². The van der Waals surface area contributed by atoms with Gasteiger partial charge in [-0.25, -0.2) is 4.79 Å². The van der Waals surface area contributed by atoms with E-state index in [-0.39, 0.29) is 17.0 Å². The maximum atomic E-state index is 12.9. The van der Waals surface area contributed by atoms with Crippen LogP contribution in [0.15, 0.2) is 72.4 Å². The van der Waals surface area contributed by atoms with Crippen LogP contribution in [0.5, 0.6) is 0 Å². The van der Waals surface area contributed by atoms with E-state index in [9.17, 15) is 9.59 Å². The minimum absolute atomic E-state index is 0.179. The van der Waals surface area contributed by atoms with Crippen molar-refractivity contribution in [2.75, 3.05) is 5.75 Å². The van der Waals surface area contributed by atoms with Crippen LogP contribution >= 0.6 is 11.8 Å². The van der Waals surface area contributed by atoms with E-state index in [2.05, 4.69) is 0 Å². The minimum atomic E-state index is -0.546. The first-order valence-corrected chi connectivity index (χ1v) is 9.43. The van der Waals surface area contributed by atoms with Gasteiger partial charge in [0.05, 0.1) is 0 Å². The van der Waals surface area contributed by atoms with Crippen molar-refractivity contribution in [3.8, 4) is 0 Å². The highest BCUT2D eigenvalue weighted by molar-refractivity contribution is 8.00. The van der Waals surface area contributed by atoms with E-state index >= 15 is 0 Å². The second-order valence-corrected chi connectivity index (χ2v) is 7.30. The Morgan fingerprint density at radius 3 is 2.23 bits per heavy atom. The van der Waals surface area contributed by atoms with Gasteiger partial charge in [-0.3, -0.25) is 9.69 Å². The predicted octanol–water partition coefficient (Wildman–Crippen LogP) is 2.45. The van der Waals surface area contributed by atoms with Gasteiger partial charge < -0.3 is 10.5 Å². The smallest absolute Gasteiger partial charge is 0.355 e. The van der Waals surface area contributed by atoms with Crippen LogP contribution in [0.4, 0.5) is 0 Å². The van der Waals surface area contributed by atoms with Crippen LogP contribution < -0.4 is 5.73 Å². The van der Waals surface area contributed by atoms with Crippen molar-refractivity contribution in [1.82, 2.24) is 4.90 Å². The van der Waals surface area contributed by atoms with E-state index in [1.54, 1.807) is 17.8 Å². The maximum absolute atomic E-state index is 12.9. The molecule has 1 amide bonds. The first kappa shape index (κ1) is 16.9. The first-order chi connectivity index (χ1) is 12.7. The number of carbonyl (C=O) groups is 2. The third-order valence-corrected chi connectivity index (χ3v) is 5.73. The number of carbonyl (C=O) groups excluding carboxylic acids is 2. The van der Waals surface area contributed by atoms with Crippen molar-refractivity contribution in [2.45, 2.75) is 17.5 Å². The lowest BCUT2D eigenvalue weighted by atomic mass is 10.0. The van der Waals surface area contributed by atoms with Gasteiger partial charge in [0.25, 0.3) is 0 Å². The van der Waals surface area contributed by atoms with Gasteiger partial charge in [-0.2, -0.15) is 0 Å². The normalized spacial score (nSPS) is 21.7. The highest BCUT2D eigenvalue weighted by Gasteiger charge is 2.50. The number of rotatable bonds is 4. The molecule has 1 unspecified atom stereocenters. The van der Waals surface area contributed by atoms with E-state index < -0.39 is 18.1 Å². The van der Waals surface area contributed by atoms with Crippen LogP contribution in [0.1, 0.15) is 17.2 Å². The van der Waals surface area contributed by atoms with Crippen LogP contribution in [-0.4, -0.2) is 33.9 Å². The molecule has 0 aliphatic carbocycles. The Balaban J connectivity index is 1.61. The summed E-state index contributed by atoms with van der Waals surface area (Å²) in [4.78, 5) is 26.4. The topological polar surface area (TPSA) is 72.6 Å². The fourth-order valence-electron chi connectivity index (χ4n) is 3.18. The number of benzene rings is 2. The molecule has 6 heteroatoms. The maximum Gasteiger partial charge on any atom is 0.355 e. The van der Waals surface area contributed by atoms with Gasteiger partial charge in [0.1, 0.15) is 17.1 Å². The molecule has 2 N–H and O–H groups in total. The van der Waals surface area contributed by atoms with Crippen molar-refractivity contribution < 1.29 is 14.3 Å². The summed E-state index contributed by atoms with van der Waals surface area (Å²) < 4.78 is 5.85. The zero-order valence-corrected chi connectivity index (χ0v) is 14.8. The van der Waals surface area contributed by atoms with Gasteiger partial charge >= 0.3 is 5.97 Å². The molecule has 0 spiro atoms. The number of β-lactam (4-membered cyclic amide) rings is 1. The summed E-state index contributed by atoms with van der Waals surface area (Å²) in [5, 5.41) is -0.179. The van der Waals surface area contributed by atoms with E-state index in [0.29, 0.717) is 5.75 Å². The molecule has 26 heavy (non-hydrogen) atoms. The number of ether oxygens (including phenoxy) is 1. The molecule has 2 heterocycles. The number of esters is 1. The first-order valence-electron chi connectivity index (χ1n) is 8.38. The molecule has 0 bridgehead atoms. The average molecular weight is 366 g/mol. The minimum Gasteiger partial charge on any atom is -0.448 e. The lowest BCUT2D eigenvalue weighted by Gasteiger charge is -2.47. The highest BCUT2D eigenvalue weighted by Crippen LogP contribution is 2.37. The predicted molar refractivity (Wildman–Crippen MR) is 100.0 cm³/mol. The molecule has 2 aromatic carbocycles. The molecule has 5 nitrogen and oxygen atoms in total. The second-order valence-electron chi connectivity index (χ2n) is 6.15. The Morgan fingerprint density at radius 2 is 1.65 bits per heavy atom. The van der Waals surface area contributed by atoms with Crippen molar-refractivity contribution >= 4 is 23.6 Å². The molecule has 2 aromatic rings. The molecule has 2 aliphatic rings. The van der Waals surface area contributed by atoms with Gasteiger partial charge in [-0.15, -0.1) is 11.8 Å². The summed E-state index contributed by atoms with van der Waals surface area (Å²) in [5.74, 6) is -0.108. The summed E-state index contributed by atoms with van der Waals surface area (Å²) in [6, 6.07) is 18.6. The van der Waals surface area contributed by atoms with Gasteiger partial charge in [0.15, 0.2) is 6.10 Å². The van der Waals surface area contributed by atoms with Gasteiger partial charge in [0, 0.05) is 5.75 Å². The zero-order chi connectivity index (χ0) is 18.1. The number of hydrogen-bond donors (Lipinski definition) is 1. The van der Waals surface area contributed by atoms with Crippen LogP contribution in [-0.2, 0) is 14.3 Å². The Labute approximate surface area is 155 Å². The van der Waals surface area contributed by atoms with E-state index in [1.165, 1.54) is 4.90 Å². The van der Waals surface area contributed by atoms with E-state index in [4.69, 9.17) is 10.5 Å². The number of thioether (sulfide) groups is 1. The standard InChI is InChI=1S/C20H18N2O3S/c21-16-18(23)22-15(11-12-26-19(16)22)20(24)25-17(13-7-3-1-4-8-13)14-9-5-2-6-10-14/h1-11,16-17,19H,12,21H2/t16?,19-/m1/s1. The number of nitrogens with zero attached hydrogens (tertiary/aromatic N) is 1. The molecule has 0 radical (unpaired) electrons.